The number of rotatable bonds is 7. The Morgan fingerprint density at radius 1 is 1.04 bits per heavy atom. The van der Waals surface area contributed by atoms with Gasteiger partial charge in [-0.2, -0.15) is 0 Å². The molecule has 0 unspecified atom stereocenters. The monoisotopic (exact) mass is 380 g/mol. The van der Waals surface area contributed by atoms with Gasteiger partial charge in [0.25, 0.3) is 5.91 Å². The van der Waals surface area contributed by atoms with Gasteiger partial charge in [0.2, 0.25) is 0 Å². The first-order valence-corrected chi connectivity index (χ1v) is 8.80. The molecule has 0 atom stereocenters. The summed E-state index contributed by atoms with van der Waals surface area (Å²) in [6.45, 7) is 2.34. The fourth-order valence-electron chi connectivity index (χ4n) is 2.60. The van der Waals surface area contributed by atoms with Crippen LogP contribution in [0.25, 0.3) is 0 Å². The fourth-order valence-corrected chi connectivity index (χ4v) is 2.60. The molecule has 0 saturated carbocycles. The number of pyridine rings is 1. The van der Waals surface area contributed by atoms with E-state index in [0.29, 0.717) is 23.7 Å². The largest absolute Gasteiger partial charge is 0.493 e. The van der Waals surface area contributed by atoms with E-state index in [1.54, 1.807) is 50.7 Å². The number of carbonyl (C=O) groups excluding carboxylic acids is 1. The molecule has 5 nitrogen and oxygen atoms in total. The fraction of sp³-hybridized carbons (Fsp3) is 0.182. The van der Waals surface area contributed by atoms with Crippen LogP contribution in [-0.4, -0.2) is 18.0 Å². The average molecular weight is 380 g/mol. The van der Waals surface area contributed by atoms with Crippen LogP contribution in [0.1, 0.15) is 27.0 Å². The highest BCUT2D eigenvalue weighted by molar-refractivity contribution is 5.94. The minimum absolute atomic E-state index is 0.285. The third kappa shape index (κ3) is 4.85. The number of methoxy groups -OCH3 is 1. The number of nitrogens with zero attached hydrogens (tertiary/aromatic N) is 1. The lowest BCUT2D eigenvalue weighted by atomic mass is 10.1. The van der Waals surface area contributed by atoms with Crippen molar-refractivity contribution in [1.29, 1.82) is 0 Å². The molecule has 144 valence electrons. The maximum Gasteiger partial charge on any atom is 0.251 e. The number of aromatic nitrogens is 1. The van der Waals surface area contributed by atoms with Gasteiger partial charge in [-0.05, 0) is 60.0 Å². The summed E-state index contributed by atoms with van der Waals surface area (Å²) in [6.07, 6.45) is 3.42. The van der Waals surface area contributed by atoms with Gasteiger partial charge < -0.3 is 14.8 Å². The van der Waals surface area contributed by atoms with E-state index in [-0.39, 0.29) is 18.0 Å². The minimum Gasteiger partial charge on any atom is -0.493 e. The second-order valence-corrected chi connectivity index (χ2v) is 6.28. The Morgan fingerprint density at radius 3 is 2.54 bits per heavy atom. The molecule has 1 aromatic heterocycles. The number of halogens is 1. The summed E-state index contributed by atoms with van der Waals surface area (Å²) < 4.78 is 24.8. The number of ether oxygens (including phenoxy) is 2. The standard InChI is InChI=1S/C22H21FN2O3/c1-15-3-5-18(12-19(15)23)22(26)25-13-17-4-6-20(21(11-17)27-2)28-14-16-7-9-24-10-8-16/h3-12H,13-14H2,1-2H3,(H,25,26). The Hall–Kier alpha value is -3.41. The van der Waals surface area contributed by atoms with E-state index in [1.165, 1.54) is 6.07 Å². The maximum absolute atomic E-state index is 13.6. The molecule has 0 saturated heterocycles. The van der Waals surface area contributed by atoms with Crippen molar-refractivity contribution < 1.29 is 18.7 Å². The van der Waals surface area contributed by atoms with Crippen LogP contribution < -0.4 is 14.8 Å². The third-order valence-electron chi connectivity index (χ3n) is 4.26. The highest BCUT2D eigenvalue weighted by atomic mass is 19.1. The molecule has 2 aromatic carbocycles. The van der Waals surface area contributed by atoms with Crippen molar-refractivity contribution in [2.45, 2.75) is 20.1 Å². The zero-order valence-corrected chi connectivity index (χ0v) is 15.7. The van der Waals surface area contributed by atoms with Gasteiger partial charge in [-0.1, -0.05) is 12.1 Å². The summed E-state index contributed by atoms with van der Waals surface area (Å²) in [5.41, 5.74) is 2.63. The van der Waals surface area contributed by atoms with Crippen LogP contribution in [0.3, 0.4) is 0 Å². The summed E-state index contributed by atoms with van der Waals surface area (Å²) >= 11 is 0. The number of benzene rings is 2. The molecular weight excluding hydrogens is 359 g/mol. The van der Waals surface area contributed by atoms with Crippen LogP contribution in [0.15, 0.2) is 60.9 Å². The van der Waals surface area contributed by atoms with Crippen molar-refractivity contribution >= 4 is 5.91 Å². The van der Waals surface area contributed by atoms with Crippen LogP contribution in [0.5, 0.6) is 11.5 Å². The lowest BCUT2D eigenvalue weighted by Crippen LogP contribution is -2.23. The van der Waals surface area contributed by atoms with E-state index < -0.39 is 5.82 Å². The molecule has 3 rings (SSSR count). The first-order valence-electron chi connectivity index (χ1n) is 8.80. The maximum atomic E-state index is 13.6. The second-order valence-electron chi connectivity index (χ2n) is 6.28. The van der Waals surface area contributed by atoms with Crippen molar-refractivity contribution in [2.75, 3.05) is 7.11 Å². The molecule has 0 spiro atoms. The van der Waals surface area contributed by atoms with E-state index in [2.05, 4.69) is 10.3 Å². The smallest absolute Gasteiger partial charge is 0.251 e. The Labute approximate surface area is 163 Å². The highest BCUT2D eigenvalue weighted by Crippen LogP contribution is 2.28. The van der Waals surface area contributed by atoms with Crippen LogP contribution in [-0.2, 0) is 13.2 Å². The van der Waals surface area contributed by atoms with Crippen LogP contribution in [0.4, 0.5) is 4.39 Å². The minimum atomic E-state index is -0.398. The van der Waals surface area contributed by atoms with E-state index in [4.69, 9.17) is 9.47 Å². The molecule has 1 amide bonds. The molecule has 3 aromatic rings. The highest BCUT2D eigenvalue weighted by Gasteiger charge is 2.10. The Bertz CT molecular complexity index is 961. The summed E-state index contributed by atoms with van der Waals surface area (Å²) in [7, 11) is 1.56. The van der Waals surface area contributed by atoms with Crippen molar-refractivity contribution in [2.24, 2.45) is 0 Å². The zero-order chi connectivity index (χ0) is 19.9. The molecule has 0 aliphatic carbocycles. The van der Waals surface area contributed by atoms with E-state index in [9.17, 15) is 9.18 Å². The van der Waals surface area contributed by atoms with Crippen LogP contribution >= 0.6 is 0 Å². The number of carbonyl (C=O) groups is 1. The summed E-state index contributed by atoms with van der Waals surface area (Å²) in [5.74, 6) is 0.443. The van der Waals surface area contributed by atoms with Crippen molar-refractivity contribution in [3.63, 3.8) is 0 Å². The normalized spacial score (nSPS) is 10.4. The van der Waals surface area contributed by atoms with Crippen molar-refractivity contribution in [3.05, 3.63) is 89.0 Å². The van der Waals surface area contributed by atoms with E-state index in [1.807, 2.05) is 18.2 Å². The molecule has 0 bridgehead atoms. The van der Waals surface area contributed by atoms with Gasteiger partial charge >= 0.3 is 0 Å². The SMILES string of the molecule is COc1cc(CNC(=O)c2ccc(C)c(F)c2)ccc1OCc1ccncc1. The Kier molecular flexibility index (Phi) is 6.22. The van der Waals surface area contributed by atoms with Gasteiger partial charge in [-0.15, -0.1) is 0 Å². The molecule has 0 aliphatic rings. The summed E-state index contributed by atoms with van der Waals surface area (Å²) in [5, 5.41) is 2.78. The zero-order valence-electron chi connectivity index (χ0n) is 15.7. The van der Waals surface area contributed by atoms with Gasteiger partial charge in [0.05, 0.1) is 7.11 Å². The van der Waals surface area contributed by atoms with Gasteiger partial charge in [0.1, 0.15) is 12.4 Å². The van der Waals surface area contributed by atoms with Gasteiger partial charge in [-0.25, -0.2) is 4.39 Å². The Balaban J connectivity index is 1.63. The lowest BCUT2D eigenvalue weighted by Gasteiger charge is -2.13. The predicted molar refractivity (Wildman–Crippen MR) is 104 cm³/mol. The van der Waals surface area contributed by atoms with Gasteiger partial charge in [-0.3, -0.25) is 9.78 Å². The first-order chi connectivity index (χ1) is 13.6. The van der Waals surface area contributed by atoms with Crippen LogP contribution in [0, 0.1) is 12.7 Å². The van der Waals surface area contributed by atoms with E-state index in [0.717, 1.165) is 11.1 Å². The molecule has 6 heteroatoms. The van der Waals surface area contributed by atoms with Crippen molar-refractivity contribution in [1.82, 2.24) is 10.3 Å². The first kappa shape index (κ1) is 19.4. The van der Waals surface area contributed by atoms with Crippen molar-refractivity contribution in [3.8, 4) is 11.5 Å². The summed E-state index contributed by atoms with van der Waals surface area (Å²) in [4.78, 5) is 16.2. The van der Waals surface area contributed by atoms with Gasteiger partial charge in [0.15, 0.2) is 11.5 Å². The lowest BCUT2D eigenvalue weighted by molar-refractivity contribution is 0.0950. The molecule has 0 fully saturated rings. The predicted octanol–water partition coefficient (Wildman–Crippen LogP) is 4.05. The number of amides is 1. The second kappa shape index (κ2) is 8.99. The number of hydrogen-bond donors (Lipinski definition) is 1. The average Bonchev–Trinajstić information content (AvgIpc) is 2.73. The quantitative estimate of drug-likeness (QED) is 0.672. The summed E-state index contributed by atoms with van der Waals surface area (Å²) in [6, 6.07) is 13.6. The Morgan fingerprint density at radius 2 is 1.82 bits per heavy atom. The van der Waals surface area contributed by atoms with E-state index >= 15 is 0 Å². The molecule has 0 aliphatic heterocycles. The number of nitrogens with one attached hydrogen (secondary N) is 1. The molecule has 0 radical (unpaired) electrons. The topological polar surface area (TPSA) is 60.5 Å². The molecule has 28 heavy (non-hydrogen) atoms. The third-order valence-corrected chi connectivity index (χ3v) is 4.26. The number of aryl methyl sites for hydroxylation is 1. The number of hydrogen-bond acceptors (Lipinski definition) is 4. The molecule has 1 N–H and O–H groups in total. The molecular formula is C22H21FN2O3. The molecule has 1 heterocycles. The van der Waals surface area contributed by atoms with Crippen LogP contribution in [0.2, 0.25) is 0 Å². The van der Waals surface area contributed by atoms with Gasteiger partial charge in [0, 0.05) is 24.5 Å².